The highest BCUT2D eigenvalue weighted by Crippen LogP contribution is 2.17. The summed E-state index contributed by atoms with van der Waals surface area (Å²) >= 11 is 0. The third-order valence-corrected chi connectivity index (χ3v) is 7.15. The van der Waals surface area contributed by atoms with E-state index >= 15 is 0 Å². The van der Waals surface area contributed by atoms with Crippen LogP contribution in [-0.4, -0.2) is 39.5 Å². The van der Waals surface area contributed by atoms with Crippen LogP contribution in [0.2, 0.25) is 0 Å². The first-order chi connectivity index (χ1) is 21.4. The molecule has 4 aromatic heterocycles. The highest BCUT2D eigenvalue weighted by molar-refractivity contribution is 5.16. The Bertz CT molecular complexity index is 1180. The zero-order valence-corrected chi connectivity index (χ0v) is 31.8. The summed E-state index contributed by atoms with van der Waals surface area (Å²) in [6, 6.07) is 9.26. The molecule has 0 amide bonds. The lowest BCUT2D eigenvalue weighted by molar-refractivity contribution is 0.522. The van der Waals surface area contributed by atoms with Crippen LogP contribution < -0.4 is 0 Å². The number of pyridine rings is 1. The fourth-order valence-corrected chi connectivity index (χ4v) is 3.81. The number of rotatable bonds is 8. The monoisotopic (exact) mass is 633 g/mol. The first-order valence-corrected chi connectivity index (χ1v) is 17.2. The quantitative estimate of drug-likeness (QED) is 0.192. The molecule has 256 valence electrons. The lowest BCUT2D eigenvalue weighted by Gasteiger charge is -2.08. The molecular formula is C38H64N8. The molecule has 4 aromatic rings. The number of aromatic nitrogens is 8. The minimum atomic E-state index is 0.412. The summed E-state index contributed by atoms with van der Waals surface area (Å²) in [5.74, 6) is 3.89. The summed E-state index contributed by atoms with van der Waals surface area (Å²) in [7, 11) is 0. The lowest BCUT2D eigenvalue weighted by atomic mass is 10.1. The fourth-order valence-electron chi connectivity index (χ4n) is 3.81. The summed E-state index contributed by atoms with van der Waals surface area (Å²) in [5, 5.41) is 8.74. The van der Waals surface area contributed by atoms with E-state index in [1.807, 2.05) is 28.0 Å². The zero-order valence-electron chi connectivity index (χ0n) is 31.8. The molecule has 8 nitrogen and oxygen atoms in total. The molecule has 0 saturated carbocycles. The van der Waals surface area contributed by atoms with Crippen LogP contribution in [0.1, 0.15) is 193 Å². The summed E-state index contributed by atoms with van der Waals surface area (Å²) in [6.07, 6.45) is 7.52. The van der Waals surface area contributed by atoms with E-state index in [1.165, 1.54) is 17.1 Å². The molecule has 8 heteroatoms. The van der Waals surface area contributed by atoms with Gasteiger partial charge < -0.3 is 0 Å². The Morgan fingerprint density at radius 3 is 1.20 bits per heavy atom. The van der Waals surface area contributed by atoms with Gasteiger partial charge in [-0.1, -0.05) is 89.2 Å². The maximum atomic E-state index is 4.57. The van der Waals surface area contributed by atoms with E-state index in [9.17, 15) is 0 Å². The Balaban J connectivity index is 0.000000307. The second-order valence-corrected chi connectivity index (χ2v) is 14.3. The molecule has 4 rings (SSSR count). The van der Waals surface area contributed by atoms with Gasteiger partial charge in [0.1, 0.15) is 6.33 Å². The molecule has 0 unspecified atom stereocenters. The lowest BCUT2D eigenvalue weighted by Crippen LogP contribution is -2.02. The van der Waals surface area contributed by atoms with Crippen molar-refractivity contribution in [3.8, 4) is 0 Å². The third kappa shape index (κ3) is 14.3. The van der Waals surface area contributed by atoms with Crippen LogP contribution in [0, 0.1) is 0 Å². The van der Waals surface area contributed by atoms with Crippen molar-refractivity contribution >= 4 is 0 Å². The minimum Gasteiger partial charge on any atom is -0.270 e. The summed E-state index contributed by atoms with van der Waals surface area (Å²) < 4.78 is 3.88. The van der Waals surface area contributed by atoms with Gasteiger partial charge in [0.2, 0.25) is 0 Å². The van der Waals surface area contributed by atoms with Crippen molar-refractivity contribution in [3.63, 3.8) is 0 Å². The van der Waals surface area contributed by atoms with Crippen molar-refractivity contribution in [2.24, 2.45) is 0 Å². The van der Waals surface area contributed by atoms with Crippen LogP contribution in [0.5, 0.6) is 0 Å². The van der Waals surface area contributed by atoms with Gasteiger partial charge in [-0.15, -0.1) is 0 Å². The Kier molecular flexibility index (Phi) is 17.6. The van der Waals surface area contributed by atoms with Crippen molar-refractivity contribution in [2.45, 2.75) is 158 Å². The molecular weight excluding hydrogens is 568 g/mol. The van der Waals surface area contributed by atoms with Gasteiger partial charge >= 0.3 is 0 Å². The second kappa shape index (κ2) is 20.0. The van der Waals surface area contributed by atoms with Crippen molar-refractivity contribution < 1.29 is 0 Å². The Morgan fingerprint density at radius 1 is 0.457 bits per heavy atom. The Labute approximate surface area is 280 Å². The van der Waals surface area contributed by atoms with E-state index in [0.717, 1.165) is 17.2 Å². The average Bonchev–Trinajstić information content (AvgIpc) is 3.70. The van der Waals surface area contributed by atoms with E-state index in [0.29, 0.717) is 47.6 Å². The molecule has 0 fully saturated rings. The van der Waals surface area contributed by atoms with E-state index in [2.05, 4.69) is 165 Å². The normalized spacial score (nSPS) is 11.3. The van der Waals surface area contributed by atoms with Crippen LogP contribution in [0.3, 0.4) is 0 Å². The summed E-state index contributed by atoms with van der Waals surface area (Å²) in [5.41, 5.74) is 5.74. The van der Waals surface area contributed by atoms with Crippen molar-refractivity contribution in [3.05, 3.63) is 83.5 Å². The molecule has 0 aliphatic rings. The van der Waals surface area contributed by atoms with Crippen molar-refractivity contribution in [1.82, 2.24) is 39.5 Å². The van der Waals surface area contributed by atoms with E-state index in [1.54, 1.807) is 6.33 Å². The van der Waals surface area contributed by atoms with E-state index in [-0.39, 0.29) is 0 Å². The third-order valence-electron chi connectivity index (χ3n) is 7.15. The molecule has 0 spiro atoms. The Morgan fingerprint density at radius 2 is 0.891 bits per heavy atom. The van der Waals surface area contributed by atoms with Gasteiger partial charge in [-0.3, -0.25) is 24.3 Å². The highest BCUT2D eigenvalue weighted by atomic mass is 15.3. The predicted molar refractivity (Wildman–Crippen MR) is 194 cm³/mol. The van der Waals surface area contributed by atoms with Crippen LogP contribution in [-0.2, 0) is 0 Å². The Hall–Kier alpha value is -3.42. The van der Waals surface area contributed by atoms with Gasteiger partial charge in [-0.05, 0) is 75.5 Å². The van der Waals surface area contributed by atoms with Gasteiger partial charge in [0.25, 0.3) is 0 Å². The highest BCUT2D eigenvalue weighted by Gasteiger charge is 2.07. The molecule has 0 aromatic carbocycles. The second-order valence-electron chi connectivity index (χ2n) is 14.3. The smallest absolute Gasteiger partial charge is 0.153 e. The molecule has 4 heterocycles. The van der Waals surface area contributed by atoms with Gasteiger partial charge in [0.15, 0.2) is 5.82 Å². The van der Waals surface area contributed by atoms with Crippen LogP contribution in [0.4, 0.5) is 0 Å². The largest absolute Gasteiger partial charge is 0.270 e. The van der Waals surface area contributed by atoms with Crippen molar-refractivity contribution in [1.29, 1.82) is 0 Å². The molecule has 0 N–H and O–H groups in total. The maximum absolute atomic E-state index is 4.57. The molecule has 0 radical (unpaired) electrons. The molecule has 0 saturated heterocycles. The van der Waals surface area contributed by atoms with E-state index < -0.39 is 0 Å². The standard InChI is InChI=1S/C11H17N.C10H16N2.C9H16N2.C8H15N3/c1-8(2)10-6-5-7-11(12-10)9(3)4;1-7(2)9-5-11-6-10(12-9)8(3)4;1-7(2)9-5-6-11(10-9)8(3)4;1-6(2)8-9-5-11(10-8)7(3)4/h5-9H,1-4H3;5-8H,1-4H3;5-8H,1-4H3;5-7H,1-4H3. The first kappa shape index (κ1) is 40.6. The number of hydrogen-bond donors (Lipinski definition) is 0. The topological polar surface area (TPSA) is 87.2 Å². The SMILES string of the molecule is CC(C)c1cccc(C(C)C)n1.CC(C)c1ccn(C(C)C)n1.CC(C)c1cncc(C(C)C)n1.CC(C)c1ncn(C(C)C)n1. The first-order valence-electron chi connectivity index (χ1n) is 17.2. The van der Waals surface area contributed by atoms with Gasteiger partial charge in [-0.2, -0.15) is 10.2 Å². The molecule has 0 aliphatic carbocycles. The molecule has 0 aliphatic heterocycles. The van der Waals surface area contributed by atoms with Crippen molar-refractivity contribution in [2.75, 3.05) is 0 Å². The minimum absolute atomic E-state index is 0.412. The van der Waals surface area contributed by atoms with Crippen LogP contribution in [0.25, 0.3) is 0 Å². The molecule has 0 atom stereocenters. The van der Waals surface area contributed by atoms with Crippen LogP contribution >= 0.6 is 0 Å². The zero-order chi connectivity index (χ0) is 35.1. The number of nitrogens with zero attached hydrogens (tertiary/aromatic N) is 8. The summed E-state index contributed by atoms with van der Waals surface area (Å²) in [4.78, 5) is 17.4. The summed E-state index contributed by atoms with van der Waals surface area (Å²) in [6.45, 7) is 34.2. The molecule has 0 bridgehead atoms. The van der Waals surface area contributed by atoms with Gasteiger partial charge in [-0.25, -0.2) is 4.98 Å². The van der Waals surface area contributed by atoms with Crippen LogP contribution in [0.15, 0.2) is 49.2 Å². The molecule has 46 heavy (non-hydrogen) atoms. The van der Waals surface area contributed by atoms with Gasteiger partial charge in [0, 0.05) is 48.0 Å². The van der Waals surface area contributed by atoms with E-state index in [4.69, 9.17) is 0 Å². The fraction of sp³-hybridized carbons (Fsp3) is 0.632. The predicted octanol–water partition coefficient (Wildman–Crippen LogP) is 10.6. The van der Waals surface area contributed by atoms with Gasteiger partial charge in [0.05, 0.1) is 17.1 Å². The average molecular weight is 633 g/mol. The maximum Gasteiger partial charge on any atom is 0.153 e. The number of hydrogen-bond acceptors (Lipinski definition) is 6.